The number of nitrogens with one attached hydrogen (secondary N) is 1. The van der Waals surface area contributed by atoms with Gasteiger partial charge in [0.05, 0.1) is 28.9 Å². The second kappa shape index (κ2) is 8.62. The van der Waals surface area contributed by atoms with Gasteiger partial charge in [0.25, 0.3) is 11.5 Å². The number of para-hydroxylation sites is 2. The molecule has 1 aliphatic heterocycles. The van der Waals surface area contributed by atoms with Gasteiger partial charge in [-0.2, -0.15) is 5.10 Å². The van der Waals surface area contributed by atoms with Gasteiger partial charge in [0, 0.05) is 24.9 Å². The van der Waals surface area contributed by atoms with Gasteiger partial charge in [-0.3, -0.25) is 19.2 Å². The predicted molar refractivity (Wildman–Crippen MR) is 118 cm³/mol. The third-order valence-electron chi connectivity index (χ3n) is 5.33. The van der Waals surface area contributed by atoms with Crippen molar-refractivity contribution in [3.05, 3.63) is 64.6 Å². The van der Waals surface area contributed by atoms with Crippen molar-refractivity contribution < 1.29 is 19.1 Å². The molecule has 1 aromatic heterocycles. The molecule has 0 spiro atoms. The summed E-state index contributed by atoms with van der Waals surface area (Å²) >= 11 is 0. The molecule has 164 valence electrons. The van der Waals surface area contributed by atoms with Crippen LogP contribution in [0.25, 0.3) is 10.8 Å². The van der Waals surface area contributed by atoms with E-state index in [0.29, 0.717) is 27.8 Å². The van der Waals surface area contributed by atoms with Gasteiger partial charge in [0.2, 0.25) is 5.91 Å². The number of carbonyl (C=O) groups is 3. The number of aryl methyl sites for hydroxylation is 1. The van der Waals surface area contributed by atoms with Gasteiger partial charge in [-0.05, 0) is 25.1 Å². The smallest absolute Gasteiger partial charge is 0.312 e. The van der Waals surface area contributed by atoms with Crippen molar-refractivity contribution in [1.29, 1.82) is 0 Å². The lowest BCUT2D eigenvalue weighted by Gasteiger charge is -2.27. The van der Waals surface area contributed by atoms with Gasteiger partial charge >= 0.3 is 5.97 Å². The molecule has 32 heavy (non-hydrogen) atoms. The Balaban J connectivity index is 1.50. The van der Waals surface area contributed by atoms with Gasteiger partial charge in [-0.15, -0.1) is 0 Å². The van der Waals surface area contributed by atoms with Crippen LogP contribution in [0.2, 0.25) is 0 Å². The number of anilines is 2. The third-order valence-corrected chi connectivity index (χ3v) is 5.33. The Kier molecular flexibility index (Phi) is 5.72. The maximum absolute atomic E-state index is 12.9. The summed E-state index contributed by atoms with van der Waals surface area (Å²) in [7, 11) is 1.51. The van der Waals surface area contributed by atoms with Gasteiger partial charge in [0.15, 0.2) is 6.61 Å². The molecule has 1 N–H and O–H groups in total. The molecule has 0 bridgehead atoms. The highest BCUT2D eigenvalue weighted by Gasteiger charge is 2.30. The van der Waals surface area contributed by atoms with E-state index in [9.17, 15) is 19.2 Å². The Morgan fingerprint density at radius 1 is 1.09 bits per heavy atom. The van der Waals surface area contributed by atoms with Crippen LogP contribution in [0.4, 0.5) is 11.4 Å². The number of amides is 2. The van der Waals surface area contributed by atoms with Gasteiger partial charge < -0.3 is 15.0 Å². The summed E-state index contributed by atoms with van der Waals surface area (Å²) in [4.78, 5) is 51.3. The molecule has 1 unspecified atom stereocenters. The van der Waals surface area contributed by atoms with Gasteiger partial charge in [0.1, 0.15) is 0 Å². The minimum atomic E-state index is -0.639. The number of nitrogens with zero attached hydrogens (tertiary/aromatic N) is 3. The standard InChI is InChI=1S/C23H22N4O5/c1-14-11-20(28)24-17-9-5-6-10-19(17)27(14)21(29)13-32-22(30)12-18-15-7-3-4-8-16(15)23(31)26(2)25-18/h3-10,14H,11-13H2,1-2H3,(H,24,28). The van der Waals surface area contributed by atoms with Crippen LogP contribution in [0.15, 0.2) is 53.3 Å². The fourth-order valence-electron chi connectivity index (χ4n) is 3.87. The Morgan fingerprint density at radius 3 is 2.56 bits per heavy atom. The van der Waals surface area contributed by atoms with Crippen LogP contribution < -0.4 is 15.8 Å². The van der Waals surface area contributed by atoms with Crippen molar-refractivity contribution in [2.45, 2.75) is 25.8 Å². The molecule has 4 rings (SSSR count). The number of fused-ring (bicyclic) bond motifs is 2. The van der Waals surface area contributed by atoms with Crippen LogP contribution in [0.5, 0.6) is 0 Å². The van der Waals surface area contributed by atoms with E-state index in [1.54, 1.807) is 55.5 Å². The van der Waals surface area contributed by atoms with E-state index >= 15 is 0 Å². The highest BCUT2D eigenvalue weighted by molar-refractivity contribution is 6.05. The van der Waals surface area contributed by atoms with E-state index in [0.717, 1.165) is 0 Å². The van der Waals surface area contributed by atoms with Crippen LogP contribution in [-0.4, -0.2) is 40.2 Å². The lowest BCUT2D eigenvalue weighted by molar-refractivity contribution is -0.147. The Labute approximate surface area is 183 Å². The molecule has 2 aromatic carbocycles. The Morgan fingerprint density at radius 2 is 1.78 bits per heavy atom. The van der Waals surface area contributed by atoms with E-state index in [1.165, 1.54) is 16.6 Å². The molecule has 0 radical (unpaired) electrons. The summed E-state index contributed by atoms with van der Waals surface area (Å²) in [6, 6.07) is 13.5. The first-order valence-corrected chi connectivity index (χ1v) is 10.2. The molecular weight excluding hydrogens is 412 g/mol. The number of aromatic nitrogens is 2. The van der Waals surface area contributed by atoms with Crippen LogP contribution in [-0.2, 0) is 32.6 Å². The maximum Gasteiger partial charge on any atom is 0.312 e. The summed E-state index contributed by atoms with van der Waals surface area (Å²) in [5, 5.41) is 7.99. The topological polar surface area (TPSA) is 111 Å². The number of hydrogen-bond donors (Lipinski definition) is 1. The zero-order chi connectivity index (χ0) is 22.8. The average molecular weight is 434 g/mol. The third kappa shape index (κ3) is 4.09. The molecule has 1 aliphatic rings. The number of benzene rings is 2. The molecule has 9 nitrogen and oxygen atoms in total. The van der Waals surface area contributed by atoms with E-state index in [-0.39, 0.29) is 24.3 Å². The molecule has 0 saturated heterocycles. The first kappa shape index (κ1) is 21.2. The predicted octanol–water partition coefficient (Wildman–Crippen LogP) is 1.78. The number of ether oxygens (including phenoxy) is 1. The number of carbonyl (C=O) groups excluding carboxylic acids is 3. The van der Waals surface area contributed by atoms with Crippen LogP contribution >= 0.6 is 0 Å². The fourth-order valence-corrected chi connectivity index (χ4v) is 3.87. The zero-order valence-electron chi connectivity index (χ0n) is 17.7. The van der Waals surface area contributed by atoms with Crippen molar-refractivity contribution in [2.24, 2.45) is 7.05 Å². The van der Waals surface area contributed by atoms with E-state index in [2.05, 4.69) is 10.4 Å². The summed E-state index contributed by atoms with van der Waals surface area (Å²) in [6.07, 6.45) is -0.0591. The quantitative estimate of drug-likeness (QED) is 0.627. The second-order valence-electron chi connectivity index (χ2n) is 7.64. The first-order chi connectivity index (χ1) is 15.3. The minimum absolute atomic E-state index is 0.127. The van der Waals surface area contributed by atoms with Crippen molar-refractivity contribution in [2.75, 3.05) is 16.8 Å². The molecule has 0 fully saturated rings. The first-order valence-electron chi connectivity index (χ1n) is 10.2. The summed E-state index contributed by atoms with van der Waals surface area (Å²) in [5.41, 5.74) is 1.22. The van der Waals surface area contributed by atoms with E-state index < -0.39 is 24.5 Å². The van der Waals surface area contributed by atoms with Crippen LogP contribution in [0.3, 0.4) is 0 Å². The van der Waals surface area contributed by atoms with Crippen LogP contribution in [0, 0.1) is 0 Å². The summed E-state index contributed by atoms with van der Waals surface area (Å²) in [5.74, 6) is -1.27. The molecule has 2 amide bonds. The van der Waals surface area contributed by atoms with Crippen molar-refractivity contribution in [3.8, 4) is 0 Å². The number of rotatable bonds is 4. The maximum atomic E-state index is 12.9. The largest absolute Gasteiger partial charge is 0.455 e. The zero-order valence-corrected chi connectivity index (χ0v) is 17.7. The fraction of sp³-hybridized carbons (Fsp3) is 0.261. The summed E-state index contributed by atoms with van der Waals surface area (Å²) in [6.45, 7) is 1.29. The van der Waals surface area contributed by atoms with Crippen molar-refractivity contribution in [1.82, 2.24) is 9.78 Å². The highest BCUT2D eigenvalue weighted by Crippen LogP contribution is 2.31. The number of esters is 1. The SMILES string of the molecule is CC1CC(=O)Nc2ccccc2N1C(=O)COC(=O)Cc1nn(C)c(=O)c2ccccc12. The van der Waals surface area contributed by atoms with E-state index in [4.69, 9.17) is 4.74 Å². The monoisotopic (exact) mass is 434 g/mol. The molecule has 0 saturated carbocycles. The molecule has 1 atom stereocenters. The van der Waals surface area contributed by atoms with Crippen molar-refractivity contribution in [3.63, 3.8) is 0 Å². The van der Waals surface area contributed by atoms with Gasteiger partial charge in [-0.25, -0.2) is 4.68 Å². The van der Waals surface area contributed by atoms with E-state index in [1.807, 2.05) is 0 Å². The molecular formula is C23H22N4O5. The molecule has 0 aliphatic carbocycles. The molecule has 3 aromatic rings. The minimum Gasteiger partial charge on any atom is -0.455 e. The highest BCUT2D eigenvalue weighted by atomic mass is 16.5. The Hall–Kier alpha value is -4.01. The Bertz CT molecular complexity index is 1280. The van der Waals surface area contributed by atoms with Crippen LogP contribution in [0.1, 0.15) is 19.0 Å². The van der Waals surface area contributed by atoms with Gasteiger partial charge in [-0.1, -0.05) is 30.3 Å². The van der Waals surface area contributed by atoms with Crippen molar-refractivity contribution >= 4 is 39.9 Å². The molecule has 2 heterocycles. The second-order valence-corrected chi connectivity index (χ2v) is 7.64. The lowest BCUT2D eigenvalue weighted by atomic mass is 10.1. The lowest BCUT2D eigenvalue weighted by Crippen LogP contribution is -2.41. The average Bonchev–Trinajstić information content (AvgIpc) is 2.89. The molecule has 9 heteroatoms. The normalized spacial score (nSPS) is 15.6. The summed E-state index contributed by atoms with van der Waals surface area (Å²) < 4.78 is 6.42. The number of hydrogen-bond acceptors (Lipinski definition) is 6.